The highest BCUT2D eigenvalue weighted by Gasteiger charge is 2.46. The second-order valence-corrected chi connectivity index (χ2v) is 4.86. The first-order chi connectivity index (χ1) is 8.21. The molecule has 1 fully saturated rings. The Labute approximate surface area is 100 Å². The summed E-state index contributed by atoms with van der Waals surface area (Å²) in [7, 11) is 0. The topological polar surface area (TPSA) is 34.9 Å². The first-order valence-corrected chi connectivity index (χ1v) is 5.85. The maximum absolute atomic E-state index is 12.3. The number of aromatic nitrogens is 2. The number of carbonyl (C=O) groups is 1. The predicted octanol–water partition coefficient (Wildman–Crippen LogP) is 2.99. The Morgan fingerprint density at radius 3 is 2.59 bits per heavy atom. The predicted molar refractivity (Wildman–Crippen MR) is 65.6 cm³/mol. The van der Waals surface area contributed by atoms with E-state index < -0.39 is 0 Å². The molecule has 3 nitrogen and oxygen atoms in total. The molecular weight excluding hydrogens is 212 g/mol. The zero-order valence-corrected chi connectivity index (χ0v) is 9.76. The van der Waals surface area contributed by atoms with Gasteiger partial charge in [0, 0.05) is 11.0 Å². The van der Waals surface area contributed by atoms with Crippen molar-refractivity contribution in [3.05, 3.63) is 42.6 Å². The minimum absolute atomic E-state index is 0.112. The van der Waals surface area contributed by atoms with E-state index in [2.05, 4.69) is 5.10 Å². The van der Waals surface area contributed by atoms with E-state index in [1.165, 1.54) is 0 Å². The van der Waals surface area contributed by atoms with Gasteiger partial charge in [-0.3, -0.25) is 4.79 Å². The molecule has 1 aromatic carbocycles. The first kappa shape index (κ1) is 10.3. The molecular formula is C14H14N2O. The van der Waals surface area contributed by atoms with Gasteiger partial charge in [0.15, 0.2) is 0 Å². The van der Waals surface area contributed by atoms with Crippen LogP contribution in [0.4, 0.5) is 0 Å². The van der Waals surface area contributed by atoms with Crippen molar-refractivity contribution in [3.63, 3.8) is 0 Å². The number of hydrogen-bond acceptors (Lipinski definition) is 2. The Kier molecular flexibility index (Phi) is 2.15. The highest BCUT2D eigenvalue weighted by Crippen LogP contribution is 2.46. The maximum atomic E-state index is 12.3. The van der Waals surface area contributed by atoms with Crippen molar-refractivity contribution in [2.75, 3.05) is 0 Å². The van der Waals surface area contributed by atoms with E-state index >= 15 is 0 Å². The van der Waals surface area contributed by atoms with Gasteiger partial charge in [-0.05, 0) is 18.9 Å². The fourth-order valence-corrected chi connectivity index (χ4v) is 1.95. The van der Waals surface area contributed by atoms with Crippen LogP contribution in [-0.4, -0.2) is 15.7 Å². The molecule has 2 aromatic rings. The van der Waals surface area contributed by atoms with Gasteiger partial charge >= 0.3 is 0 Å². The van der Waals surface area contributed by atoms with Crippen molar-refractivity contribution in [2.24, 2.45) is 5.41 Å². The second-order valence-electron chi connectivity index (χ2n) is 4.86. The summed E-state index contributed by atoms with van der Waals surface area (Å²) >= 11 is 0. The highest BCUT2D eigenvalue weighted by atomic mass is 16.2. The second kappa shape index (κ2) is 3.55. The molecule has 0 N–H and O–H groups in total. The lowest BCUT2D eigenvalue weighted by Gasteiger charge is -2.10. The van der Waals surface area contributed by atoms with Crippen LogP contribution in [0.3, 0.4) is 0 Å². The normalized spacial score (nSPS) is 16.8. The number of carbonyl (C=O) groups excluding carboxylic acids is 1. The minimum Gasteiger partial charge on any atom is -0.272 e. The van der Waals surface area contributed by atoms with E-state index in [0.29, 0.717) is 0 Å². The molecule has 3 heteroatoms. The Bertz CT molecular complexity index is 553. The van der Waals surface area contributed by atoms with E-state index in [0.717, 1.165) is 24.1 Å². The van der Waals surface area contributed by atoms with E-state index in [-0.39, 0.29) is 11.3 Å². The van der Waals surface area contributed by atoms with Crippen LogP contribution in [0.15, 0.2) is 42.6 Å². The lowest BCUT2D eigenvalue weighted by Crippen LogP contribution is -2.22. The summed E-state index contributed by atoms with van der Waals surface area (Å²) < 4.78 is 1.54. The molecule has 0 spiro atoms. The van der Waals surface area contributed by atoms with Crippen LogP contribution in [0.5, 0.6) is 0 Å². The van der Waals surface area contributed by atoms with Crippen LogP contribution >= 0.6 is 0 Å². The standard InChI is InChI=1S/C14H14N2O/c1-14(8-9-14)13(17)16-12(7-10-15-16)11-5-3-2-4-6-11/h2-7,10H,8-9H2,1H3. The zero-order chi connectivity index (χ0) is 11.9. The summed E-state index contributed by atoms with van der Waals surface area (Å²) in [5, 5.41) is 4.17. The summed E-state index contributed by atoms with van der Waals surface area (Å²) in [4.78, 5) is 12.3. The van der Waals surface area contributed by atoms with Gasteiger partial charge in [-0.25, -0.2) is 0 Å². The molecule has 1 aliphatic rings. The van der Waals surface area contributed by atoms with Gasteiger partial charge in [-0.1, -0.05) is 37.3 Å². The largest absolute Gasteiger partial charge is 0.272 e. The summed E-state index contributed by atoms with van der Waals surface area (Å²) in [6.07, 6.45) is 3.63. The Hall–Kier alpha value is -1.90. The van der Waals surface area contributed by atoms with Gasteiger partial charge in [-0.2, -0.15) is 9.78 Å². The van der Waals surface area contributed by atoms with Crippen LogP contribution in [0.1, 0.15) is 24.6 Å². The Morgan fingerprint density at radius 2 is 1.94 bits per heavy atom. The molecule has 17 heavy (non-hydrogen) atoms. The molecule has 0 amide bonds. The summed E-state index contributed by atoms with van der Waals surface area (Å²) in [6.45, 7) is 2.01. The third-order valence-electron chi connectivity index (χ3n) is 3.42. The SMILES string of the molecule is CC1(C(=O)n2nccc2-c2ccccc2)CC1. The van der Waals surface area contributed by atoms with Gasteiger partial charge in [-0.15, -0.1) is 0 Å². The summed E-state index contributed by atoms with van der Waals surface area (Å²) in [6, 6.07) is 11.8. The number of rotatable bonds is 2. The monoisotopic (exact) mass is 226 g/mol. The minimum atomic E-state index is -0.185. The quantitative estimate of drug-likeness (QED) is 0.789. The van der Waals surface area contributed by atoms with Crippen molar-refractivity contribution in [2.45, 2.75) is 19.8 Å². The average Bonchev–Trinajstić information content (AvgIpc) is 2.95. The molecule has 1 saturated carbocycles. The van der Waals surface area contributed by atoms with Crippen molar-refractivity contribution in [1.82, 2.24) is 9.78 Å². The van der Waals surface area contributed by atoms with Gasteiger partial charge < -0.3 is 0 Å². The van der Waals surface area contributed by atoms with Gasteiger partial charge in [0.25, 0.3) is 5.91 Å². The Morgan fingerprint density at radius 1 is 1.24 bits per heavy atom. The van der Waals surface area contributed by atoms with E-state index in [1.807, 2.05) is 43.3 Å². The summed E-state index contributed by atoms with van der Waals surface area (Å²) in [5.41, 5.74) is 1.72. The summed E-state index contributed by atoms with van der Waals surface area (Å²) in [5.74, 6) is 0.112. The average molecular weight is 226 g/mol. The lowest BCUT2D eigenvalue weighted by molar-refractivity contribution is 0.0811. The maximum Gasteiger partial charge on any atom is 0.253 e. The third-order valence-corrected chi connectivity index (χ3v) is 3.42. The molecule has 0 bridgehead atoms. The van der Waals surface area contributed by atoms with Crippen molar-refractivity contribution in [1.29, 1.82) is 0 Å². The Balaban J connectivity index is 2.03. The van der Waals surface area contributed by atoms with Gasteiger partial charge in [0.2, 0.25) is 0 Å². The van der Waals surface area contributed by atoms with Gasteiger partial charge in [0.05, 0.1) is 11.9 Å². The lowest BCUT2D eigenvalue weighted by atomic mass is 10.1. The highest BCUT2D eigenvalue weighted by molar-refractivity contribution is 5.89. The molecule has 1 aromatic heterocycles. The molecule has 0 saturated heterocycles. The molecule has 1 heterocycles. The third kappa shape index (κ3) is 1.68. The first-order valence-electron chi connectivity index (χ1n) is 5.85. The van der Waals surface area contributed by atoms with E-state index in [1.54, 1.807) is 10.9 Å². The molecule has 0 aliphatic heterocycles. The smallest absolute Gasteiger partial charge is 0.253 e. The van der Waals surface area contributed by atoms with Crippen molar-refractivity contribution < 1.29 is 4.79 Å². The van der Waals surface area contributed by atoms with Crippen molar-refractivity contribution in [3.8, 4) is 11.3 Å². The number of benzene rings is 1. The van der Waals surface area contributed by atoms with Crippen LogP contribution in [0.2, 0.25) is 0 Å². The van der Waals surface area contributed by atoms with E-state index in [9.17, 15) is 4.79 Å². The zero-order valence-electron chi connectivity index (χ0n) is 9.76. The van der Waals surface area contributed by atoms with Gasteiger partial charge in [0.1, 0.15) is 0 Å². The molecule has 3 rings (SSSR count). The molecule has 0 atom stereocenters. The molecule has 1 aliphatic carbocycles. The fraction of sp³-hybridized carbons (Fsp3) is 0.286. The molecule has 0 unspecified atom stereocenters. The molecule has 0 radical (unpaired) electrons. The van der Waals surface area contributed by atoms with Crippen LogP contribution in [0, 0.1) is 5.41 Å². The number of hydrogen-bond donors (Lipinski definition) is 0. The van der Waals surface area contributed by atoms with E-state index in [4.69, 9.17) is 0 Å². The fourth-order valence-electron chi connectivity index (χ4n) is 1.95. The van der Waals surface area contributed by atoms with Crippen molar-refractivity contribution >= 4 is 5.91 Å². The number of nitrogens with zero attached hydrogens (tertiary/aromatic N) is 2. The van der Waals surface area contributed by atoms with Crippen LogP contribution in [0.25, 0.3) is 11.3 Å². The van der Waals surface area contributed by atoms with Crippen LogP contribution < -0.4 is 0 Å². The van der Waals surface area contributed by atoms with Crippen LogP contribution in [-0.2, 0) is 0 Å². The molecule has 86 valence electrons.